The molecule has 2 atom stereocenters. The zero-order chi connectivity index (χ0) is 29.4. The summed E-state index contributed by atoms with van der Waals surface area (Å²) in [5.74, 6) is -2.40. The molecule has 10 nitrogen and oxygen atoms in total. The highest BCUT2D eigenvalue weighted by Gasteiger charge is 2.69. The minimum absolute atomic E-state index is 0.0739. The number of nitrogens with one attached hydrogen (secondary N) is 1. The van der Waals surface area contributed by atoms with E-state index in [1.807, 2.05) is 67.6 Å². The molecule has 0 saturated carbocycles. The van der Waals surface area contributed by atoms with Crippen LogP contribution in [0.25, 0.3) is 0 Å². The number of aliphatic carboxylic acids is 1. The van der Waals surface area contributed by atoms with Gasteiger partial charge in [0.2, 0.25) is 5.91 Å². The first kappa shape index (κ1) is 28.4. The molecule has 2 aliphatic heterocycles. The molecule has 0 radical (unpaired) electrons. The summed E-state index contributed by atoms with van der Waals surface area (Å²) in [6, 6.07) is 19.0. The number of thiazole rings is 1. The third-order valence-corrected chi connectivity index (χ3v) is 11.2. The second kappa shape index (κ2) is 11.5. The zero-order valence-corrected chi connectivity index (χ0v) is 25.4. The van der Waals surface area contributed by atoms with Crippen molar-refractivity contribution in [2.45, 2.75) is 34.5 Å². The van der Waals surface area contributed by atoms with Crippen LogP contribution in [-0.4, -0.2) is 59.6 Å². The van der Waals surface area contributed by atoms with Crippen molar-refractivity contribution in [2.75, 3.05) is 11.5 Å². The van der Waals surface area contributed by atoms with Gasteiger partial charge in [-0.1, -0.05) is 83.8 Å². The van der Waals surface area contributed by atoms with E-state index in [2.05, 4.69) is 20.5 Å². The van der Waals surface area contributed by atoms with Crippen LogP contribution in [0.3, 0.4) is 0 Å². The number of hydrogen-bond donors (Lipinski definition) is 3. The van der Waals surface area contributed by atoms with Crippen LogP contribution in [0.5, 0.6) is 0 Å². The molecule has 4 N–H and O–H groups in total. The van der Waals surface area contributed by atoms with Gasteiger partial charge in [-0.15, -0.1) is 33.3 Å². The molecule has 214 valence electrons. The molecule has 6 rings (SSSR count). The Morgan fingerprint density at radius 3 is 2.36 bits per heavy atom. The smallest absolute Gasteiger partial charge is 0.353 e. The Bertz CT molecular complexity index is 1650. The summed E-state index contributed by atoms with van der Waals surface area (Å²) in [7, 11) is 0. The van der Waals surface area contributed by atoms with E-state index < -0.39 is 34.6 Å². The highest BCUT2D eigenvalue weighted by Crippen LogP contribution is 2.55. The number of aromatic nitrogens is 3. The van der Waals surface area contributed by atoms with Gasteiger partial charge in [-0.25, -0.2) is 9.78 Å². The number of nitrogens with zero attached hydrogens (tertiary/aromatic N) is 4. The molecule has 1 saturated heterocycles. The number of carbonyl (C=O) groups is 3. The van der Waals surface area contributed by atoms with Crippen LogP contribution in [0.4, 0.5) is 5.13 Å². The number of rotatable bonds is 9. The molecule has 4 aromatic rings. The van der Waals surface area contributed by atoms with Crippen molar-refractivity contribution in [1.82, 2.24) is 25.4 Å². The fourth-order valence-electron chi connectivity index (χ4n) is 5.36. The minimum atomic E-state index is -1.47. The van der Waals surface area contributed by atoms with Gasteiger partial charge in [-0.05, 0) is 18.1 Å². The monoisotopic (exact) mass is 636 g/mol. The number of carboxylic acids is 1. The Labute approximate surface area is 257 Å². The summed E-state index contributed by atoms with van der Waals surface area (Å²) in [5, 5.41) is 23.7. The van der Waals surface area contributed by atoms with Gasteiger partial charge >= 0.3 is 5.97 Å². The highest BCUT2D eigenvalue weighted by atomic mass is 32.2. The van der Waals surface area contributed by atoms with E-state index in [1.165, 1.54) is 51.1 Å². The molecule has 0 aliphatic carbocycles. The van der Waals surface area contributed by atoms with Crippen molar-refractivity contribution in [3.05, 3.63) is 98.5 Å². The summed E-state index contributed by atoms with van der Waals surface area (Å²) in [4.78, 5) is 46.9. The van der Waals surface area contributed by atoms with Crippen LogP contribution in [0.15, 0.2) is 81.0 Å². The number of thioether (sulfide) groups is 2. The maximum absolute atomic E-state index is 14.5. The van der Waals surface area contributed by atoms with Crippen LogP contribution in [-0.2, 0) is 20.8 Å². The first-order valence-electron chi connectivity index (χ1n) is 12.8. The Hall–Kier alpha value is -3.72. The number of amides is 2. The molecule has 42 heavy (non-hydrogen) atoms. The molecule has 2 amide bonds. The first-order valence-corrected chi connectivity index (χ1v) is 16.3. The zero-order valence-electron chi connectivity index (χ0n) is 22.1. The Morgan fingerprint density at radius 2 is 1.81 bits per heavy atom. The lowest BCUT2D eigenvalue weighted by Gasteiger charge is -2.60. The minimum Gasteiger partial charge on any atom is -0.477 e. The van der Waals surface area contributed by atoms with Gasteiger partial charge in [-0.2, -0.15) is 0 Å². The lowest BCUT2D eigenvalue weighted by Crippen LogP contribution is -2.82. The third kappa shape index (κ3) is 5.08. The third-order valence-electron chi connectivity index (χ3n) is 6.97. The normalized spacial score (nSPS) is 19.9. The molecule has 2 aliphatic rings. The molecule has 0 bridgehead atoms. The van der Waals surface area contributed by atoms with Crippen LogP contribution in [0, 0.1) is 6.92 Å². The SMILES string of the molecule is Cc1nnc(SC2=C(C(=O)O)N3C(=O)[C@](NC(=O)Cc4csc(N)n4)(C(c4ccccc4)c4ccccc4)[C@@H]3SC2)s1. The Balaban J connectivity index is 1.45. The van der Waals surface area contributed by atoms with Crippen molar-refractivity contribution in [1.29, 1.82) is 0 Å². The van der Waals surface area contributed by atoms with Gasteiger partial charge in [0, 0.05) is 22.0 Å². The van der Waals surface area contributed by atoms with E-state index in [-0.39, 0.29) is 12.1 Å². The standard InChI is InChI=1S/C28H24N6O4S4/c1-15-32-33-27(41-15)42-19-14-39-25-28(24(38)34(25)22(19)23(36)37,31-20(35)12-18-13-40-26(29)30-18)21(16-8-4-2-5-9-16)17-10-6-3-7-11-17/h2-11,13,21,25H,12,14H2,1H3,(H2,29,30)(H,31,35)(H,36,37)/t25-,28+/m0/s1. The molecule has 2 aromatic heterocycles. The number of carboxylic acid groups (broad SMARTS) is 1. The lowest BCUT2D eigenvalue weighted by atomic mass is 9.68. The van der Waals surface area contributed by atoms with Crippen molar-refractivity contribution < 1.29 is 19.5 Å². The van der Waals surface area contributed by atoms with Crippen molar-refractivity contribution >= 4 is 69.1 Å². The number of nitrogens with two attached hydrogens (primary N) is 1. The van der Waals surface area contributed by atoms with Gasteiger partial charge in [0.05, 0.1) is 12.1 Å². The predicted molar refractivity (Wildman–Crippen MR) is 164 cm³/mol. The first-order chi connectivity index (χ1) is 20.3. The van der Waals surface area contributed by atoms with Gasteiger partial charge in [0.1, 0.15) is 16.1 Å². The van der Waals surface area contributed by atoms with Crippen LogP contribution >= 0.6 is 46.2 Å². The average Bonchev–Trinajstić information content (AvgIpc) is 3.59. The maximum atomic E-state index is 14.5. The molecule has 14 heteroatoms. The maximum Gasteiger partial charge on any atom is 0.353 e. The number of hydrogen-bond acceptors (Lipinski definition) is 11. The lowest BCUT2D eigenvalue weighted by molar-refractivity contribution is -0.160. The molecular weight excluding hydrogens is 613 g/mol. The number of aryl methyl sites for hydroxylation is 1. The molecule has 0 unspecified atom stereocenters. The fourth-order valence-corrected chi connectivity index (χ4v) is 9.54. The van der Waals surface area contributed by atoms with Gasteiger partial charge in [0.15, 0.2) is 15.0 Å². The van der Waals surface area contributed by atoms with Crippen molar-refractivity contribution in [3.8, 4) is 0 Å². The predicted octanol–water partition coefficient (Wildman–Crippen LogP) is 4.12. The summed E-state index contributed by atoms with van der Waals surface area (Å²) < 4.78 is 0.599. The average molecular weight is 637 g/mol. The quantitative estimate of drug-likeness (QED) is 0.229. The number of fused-ring (bicyclic) bond motifs is 1. The fraction of sp³-hybridized carbons (Fsp3) is 0.214. The van der Waals surface area contributed by atoms with E-state index in [0.29, 0.717) is 25.8 Å². The number of anilines is 1. The second-order valence-corrected chi connectivity index (χ2v) is 14.1. The van der Waals surface area contributed by atoms with Crippen molar-refractivity contribution in [3.63, 3.8) is 0 Å². The highest BCUT2D eigenvalue weighted by molar-refractivity contribution is 8.07. The van der Waals surface area contributed by atoms with E-state index in [9.17, 15) is 19.5 Å². The Morgan fingerprint density at radius 1 is 1.14 bits per heavy atom. The van der Waals surface area contributed by atoms with E-state index in [0.717, 1.165) is 16.1 Å². The van der Waals surface area contributed by atoms with E-state index in [4.69, 9.17) is 5.73 Å². The Kier molecular flexibility index (Phi) is 7.79. The van der Waals surface area contributed by atoms with Gasteiger partial charge < -0.3 is 16.2 Å². The number of benzene rings is 2. The van der Waals surface area contributed by atoms with Gasteiger partial charge in [-0.3, -0.25) is 14.5 Å². The number of carbonyl (C=O) groups excluding carboxylic acids is 2. The van der Waals surface area contributed by atoms with E-state index in [1.54, 1.807) is 5.38 Å². The second-order valence-electron chi connectivity index (χ2n) is 9.63. The molecule has 4 heterocycles. The van der Waals surface area contributed by atoms with Crippen LogP contribution in [0.1, 0.15) is 27.7 Å². The number of β-lactam (4-membered cyclic amide) rings is 1. The topological polar surface area (TPSA) is 151 Å². The molecule has 0 spiro atoms. The summed E-state index contributed by atoms with van der Waals surface area (Å²) >= 11 is 5.22. The summed E-state index contributed by atoms with van der Waals surface area (Å²) in [6.45, 7) is 1.82. The largest absolute Gasteiger partial charge is 0.477 e. The van der Waals surface area contributed by atoms with E-state index >= 15 is 0 Å². The van der Waals surface area contributed by atoms with Crippen molar-refractivity contribution in [2.24, 2.45) is 0 Å². The molecule has 2 aromatic carbocycles. The molecule has 1 fully saturated rings. The van der Waals surface area contributed by atoms with Crippen LogP contribution in [0.2, 0.25) is 0 Å². The number of nitrogen functional groups attached to an aromatic ring is 1. The molecular formula is C28H24N6O4S4. The summed E-state index contributed by atoms with van der Waals surface area (Å²) in [6.07, 6.45) is -0.0739. The van der Waals surface area contributed by atoms with Crippen LogP contribution < -0.4 is 11.1 Å². The summed E-state index contributed by atoms with van der Waals surface area (Å²) in [5.41, 5.74) is 6.35. The van der Waals surface area contributed by atoms with Gasteiger partial charge in [0.25, 0.3) is 5.91 Å².